The molecule has 0 radical (unpaired) electrons. The van der Waals surface area contributed by atoms with Crippen LogP contribution < -0.4 is 22.5 Å². The standard InChI is InChI=1S/C27H51N5O12/c1-11-19(36)26(41-10-27(11,2)40)44-23-16(32-24(39)20(37)18(31)17(35)9-34)7-15(30)22(21(23)38)43-25-14(29)6-5-13(42-25)4-3-12(28)8-33/h11,13-23,25-26,28,33-38,40H,3-10,29-31H2,1-2H3,(H,32,39)/t11-,13-,14?,15+,16-,17+,18+,19?,20+,21?,22?,23?,25-,26-,27?/m1/s1. The Kier molecular flexibility index (Phi) is 13.4. The minimum absolute atomic E-state index is 0.0578. The van der Waals surface area contributed by atoms with E-state index in [-0.39, 0.29) is 31.5 Å². The molecule has 0 aromatic carbocycles. The fraction of sp³-hybridized carbons (Fsp3) is 0.926. The van der Waals surface area contributed by atoms with Gasteiger partial charge >= 0.3 is 0 Å². The Labute approximate surface area is 256 Å². The van der Waals surface area contributed by atoms with Crippen molar-refractivity contribution in [3.8, 4) is 0 Å². The Bertz CT molecular complexity index is 949. The van der Waals surface area contributed by atoms with Gasteiger partial charge in [-0.3, -0.25) is 4.79 Å². The van der Waals surface area contributed by atoms with E-state index in [4.69, 9.17) is 51.8 Å². The molecule has 0 aromatic heterocycles. The van der Waals surface area contributed by atoms with Gasteiger partial charge < -0.3 is 82.6 Å². The molecule has 2 saturated heterocycles. The van der Waals surface area contributed by atoms with Crippen LogP contribution in [0.15, 0.2) is 0 Å². The Hall–Kier alpha value is -1.42. The third-order valence-corrected chi connectivity index (χ3v) is 8.96. The molecule has 256 valence electrons. The molecule has 1 saturated carbocycles. The molecular formula is C27H51N5O12. The summed E-state index contributed by atoms with van der Waals surface area (Å²) in [6, 6.07) is -4.09. The maximum atomic E-state index is 12.9. The summed E-state index contributed by atoms with van der Waals surface area (Å²) < 4.78 is 23.8. The van der Waals surface area contributed by atoms with Crippen molar-refractivity contribution in [1.29, 1.82) is 5.41 Å². The van der Waals surface area contributed by atoms with Crippen LogP contribution in [0.2, 0.25) is 0 Å². The number of ether oxygens (including phenoxy) is 4. The van der Waals surface area contributed by atoms with Gasteiger partial charge in [-0.25, -0.2) is 0 Å². The molecule has 0 bridgehead atoms. The Morgan fingerprint density at radius 3 is 2.39 bits per heavy atom. The first-order valence-corrected chi connectivity index (χ1v) is 15.0. The van der Waals surface area contributed by atoms with Crippen molar-refractivity contribution in [1.82, 2.24) is 5.32 Å². The van der Waals surface area contributed by atoms with Crippen LogP contribution in [0.3, 0.4) is 0 Å². The molecule has 0 spiro atoms. The number of nitrogens with two attached hydrogens (primary N) is 3. The fourth-order valence-corrected chi connectivity index (χ4v) is 5.66. The number of nitrogens with one attached hydrogen (secondary N) is 2. The highest BCUT2D eigenvalue weighted by Crippen LogP contribution is 2.34. The third-order valence-electron chi connectivity index (χ3n) is 8.96. The Morgan fingerprint density at radius 1 is 1.09 bits per heavy atom. The van der Waals surface area contributed by atoms with E-state index in [1.165, 1.54) is 6.92 Å². The SMILES string of the molecule is C[C@@H]1C(O)[C@@H](OC2C(O)C(O[C@H]3O[C@H](CCC(=N)CO)CCC3N)[C@@H](N)C[C@H]2NC(=O)[C@@H](O)[C@@H](N)[C@@H](O)CO)OCC1(C)O. The van der Waals surface area contributed by atoms with E-state index < -0.39 is 97.4 Å². The van der Waals surface area contributed by atoms with Crippen LogP contribution in [-0.2, 0) is 23.7 Å². The molecular weight excluding hydrogens is 586 g/mol. The molecule has 3 fully saturated rings. The second kappa shape index (κ2) is 15.9. The number of rotatable bonds is 13. The molecule has 15 N–H and O–H groups in total. The second-order valence-corrected chi connectivity index (χ2v) is 12.5. The summed E-state index contributed by atoms with van der Waals surface area (Å²) in [7, 11) is 0. The summed E-state index contributed by atoms with van der Waals surface area (Å²) in [6.45, 7) is 1.76. The topological polar surface area (TPSA) is 310 Å². The van der Waals surface area contributed by atoms with Crippen molar-refractivity contribution < 1.29 is 59.5 Å². The van der Waals surface area contributed by atoms with Gasteiger partial charge in [0.05, 0.1) is 55.8 Å². The average molecular weight is 638 g/mol. The number of hydrogen-bond acceptors (Lipinski definition) is 16. The molecule has 2 heterocycles. The van der Waals surface area contributed by atoms with Gasteiger partial charge in [0.1, 0.15) is 30.5 Å². The number of amides is 1. The first kappa shape index (κ1) is 37.0. The highest BCUT2D eigenvalue weighted by atomic mass is 16.7. The number of aliphatic hydroxyl groups is 7. The molecule has 17 nitrogen and oxygen atoms in total. The highest BCUT2D eigenvalue weighted by molar-refractivity contribution is 5.82. The average Bonchev–Trinajstić information content (AvgIpc) is 2.99. The zero-order chi connectivity index (χ0) is 32.9. The van der Waals surface area contributed by atoms with Gasteiger partial charge in [0.2, 0.25) is 0 Å². The number of carbonyl (C=O) groups is 1. The molecule has 2 aliphatic heterocycles. The van der Waals surface area contributed by atoms with E-state index in [2.05, 4.69) is 5.32 Å². The van der Waals surface area contributed by atoms with Crippen LogP contribution in [0, 0.1) is 11.3 Å². The largest absolute Gasteiger partial charge is 0.394 e. The summed E-state index contributed by atoms with van der Waals surface area (Å²) in [5.41, 5.74) is 17.2. The molecule has 44 heavy (non-hydrogen) atoms. The smallest absolute Gasteiger partial charge is 0.250 e. The minimum Gasteiger partial charge on any atom is -0.394 e. The van der Waals surface area contributed by atoms with Gasteiger partial charge in [0.15, 0.2) is 12.6 Å². The fourth-order valence-electron chi connectivity index (χ4n) is 5.66. The quantitative estimate of drug-likeness (QED) is 0.0842. The summed E-state index contributed by atoms with van der Waals surface area (Å²) >= 11 is 0. The summed E-state index contributed by atoms with van der Waals surface area (Å²) in [6.07, 6.45) is -9.65. The lowest BCUT2D eigenvalue weighted by Gasteiger charge is -2.48. The van der Waals surface area contributed by atoms with E-state index in [0.717, 1.165) is 0 Å². The van der Waals surface area contributed by atoms with Crippen molar-refractivity contribution in [2.24, 2.45) is 23.1 Å². The molecule has 15 atom stereocenters. The first-order valence-electron chi connectivity index (χ1n) is 15.0. The lowest BCUT2D eigenvalue weighted by atomic mass is 9.82. The number of carbonyl (C=O) groups excluding carboxylic acids is 1. The monoisotopic (exact) mass is 637 g/mol. The zero-order valence-corrected chi connectivity index (χ0v) is 25.1. The maximum absolute atomic E-state index is 12.9. The predicted molar refractivity (Wildman–Crippen MR) is 153 cm³/mol. The molecule has 1 aliphatic carbocycles. The van der Waals surface area contributed by atoms with Gasteiger partial charge in [-0.05, 0) is 39.0 Å². The first-order chi connectivity index (χ1) is 20.6. The van der Waals surface area contributed by atoms with Crippen molar-refractivity contribution in [3.05, 3.63) is 0 Å². The highest BCUT2D eigenvalue weighted by Gasteiger charge is 2.51. The van der Waals surface area contributed by atoms with Crippen molar-refractivity contribution >= 4 is 11.6 Å². The normalized spacial score (nSPS) is 41.9. The van der Waals surface area contributed by atoms with Crippen LogP contribution >= 0.6 is 0 Å². The van der Waals surface area contributed by atoms with E-state index in [1.54, 1.807) is 6.92 Å². The summed E-state index contributed by atoms with van der Waals surface area (Å²) in [5.74, 6) is -1.72. The second-order valence-electron chi connectivity index (χ2n) is 12.5. The summed E-state index contributed by atoms with van der Waals surface area (Å²) in [4.78, 5) is 12.9. The zero-order valence-electron chi connectivity index (χ0n) is 25.1. The van der Waals surface area contributed by atoms with Crippen LogP contribution in [0.5, 0.6) is 0 Å². The van der Waals surface area contributed by atoms with Crippen LogP contribution in [-0.4, -0.2) is 152 Å². The minimum atomic E-state index is -1.94. The van der Waals surface area contributed by atoms with E-state index in [0.29, 0.717) is 25.7 Å². The van der Waals surface area contributed by atoms with Crippen molar-refractivity contribution in [3.63, 3.8) is 0 Å². The van der Waals surface area contributed by atoms with Crippen LogP contribution in [0.1, 0.15) is 46.0 Å². The lowest BCUT2D eigenvalue weighted by molar-refractivity contribution is -0.314. The van der Waals surface area contributed by atoms with E-state index in [9.17, 15) is 30.3 Å². The molecule has 6 unspecified atom stereocenters. The summed E-state index contributed by atoms with van der Waals surface area (Å²) in [5, 5.41) is 81.6. The van der Waals surface area contributed by atoms with Gasteiger partial charge in [0, 0.05) is 17.7 Å². The number of aliphatic hydroxyl groups excluding tert-OH is 6. The third kappa shape index (κ3) is 8.89. The van der Waals surface area contributed by atoms with Crippen LogP contribution in [0.4, 0.5) is 0 Å². The van der Waals surface area contributed by atoms with Crippen molar-refractivity contribution in [2.45, 2.75) is 131 Å². The Morgan fingerprint density at radius 2 is 1.75 bits per heavy atom. The number of hydrogen-bond donors (Lipinski definition) is 12. The Balaban J connectivity index is 1.79. The molecule has 3 rings (SSSR count). The van der Waals surface area contributed by atoms with Gasteiger partial charge in [-0.2, -0.15) is 0 Å². The molecule has 3 aliphatic rings. The predicted octanol–water partition coefficient (Wildman–Crippen LogP) is -4.90. The lowest BCUT2D eigenvalue weighted by Crippen LogP contribution is -2.68. The van der Waals surface area contributed by atoms with Gasteiger partial charge in [-0.1, -0.05) is 6.92 Å². The molecule has 17 heteroatoms. The molecule has 0 aromatic rings. The van der Waals surface area contributed by atoms with Gasteiger partial charge in [0.25, 0.3) is 5.91 Å². The van der Waals surface area contributed by atoms with Crippen LogP contribution in [0.25, 0.3) is 0 Å². The van der Waals surface area contributed by atoms with Crippen molar-refractivity contribution in [2.75, 3.05) is 19.8 Å². The van der Waals surface area contributed by atoms with E-state index >= 15 is 0 Å². The molecule has 1 amide bonds. The van der Waals surface area contributed by atoms with Gasteiger partial charge in [-0.15, -0.1) is 0 Å². The maximum Gasteiger partial charge on any atom is 0.250 e. The van der Waals surface area contributed by atoms with E-state index in [1.807, 2.05) is 0 Å².